The first kappa shape index (κ1) is 13.8. The topological polar surface area (TPSA) is 3.24 Å². The predicted octanol–water partition coefficient (Wildman–Crippen LogP) is 4.67. The van der Waals surface area contributed by atoms with Crippen molar-refractivity contribution in [3.8, 4) is 11.1 Å². The molecule has 0 N–H and O–H groups in total. The lowest BCUT2D eigenvalue weighted by molar-refractivity contribution is 0.291. The molecule has 2 aromatic carbocycles. The summed E-state index contributed by atoms with van der Waals surface area (Å²) in [5, 5.41) is 0. The second-order valence-corrected chi connectivity index (χ2v) is 5.33. The Morgan fingerprint density at radius 3 is 2.21 bits per heavy atom. The van der Waals surface area contributed by atoms with E-state index in [9.17, 15) is 0 Å². The van der Waals surface area contributed by atoms with Gasteiger partial charge >= 0.3 is 0 Å². The van der Waals surface area contributed by atoms with Crippen LogP contribution in [-0.2, 0) is 0 Å². The molecule has 1 nitrogen and oxygen atoms in total. The summed E-state index contributed by atoms with van der Waals surface area (Å²) in [6.07, 6.45) is 1.13. The van der Waals surface area contributed by atoms with Crippen LogP contribution in [0.3, 0.4) is 0 Å². The van der Waals surface area contributed by atoms with Gasteiger partial charge in [0.05, 0.1) is 0 Å². The number of hydrogen-bond acceptors (Lipinski definition) is 1. The third kappa shape index (κ3) is 3.05. The highest BCUT2D eigenvalue weighted by Gasteiger charge is 2.14. The van der Waals surface area contributed by atoms with Crippen molar-refractivity contribution in [1.29, 1.82) is 0 Å². The highest BCUT2D eigenvalue weighted by Crippen LogP contribution is 2.29. The Morgan fingerprint density at radius 2 is 1.63 bits per heavy atom. The third-order valence-electron chi connectivity index (χ3n) is 3.76. The lowest BCUT2D eigenvalue weighted by Crippen LogP contribution is -2.20. The van der Waals surface area contributed by atoms with E-state index in [-0.39, 0.29) is 0 Å². The zero-order chi connectivity index (χ0) is 13.8. The highest BCUT2D eigenvalue weighted by molar-refractivity contribution is 5.65. The minimum absolute atomic E-state index is 0.490. The molecule has 2 rings (SSSR count). The van der Waals surface area contributed by atoms with Gasteiger partial charge in [0.25, 0.3) is 0 Å². The van der Waals surface area contributed by atoms with Crippen LogP contribution in [-0.4, -0.2) is 19.0 Å². The van der Waals surface area contributed by atoms with E-state index in [1.807, 2.05) is 0 Å². The van der Waals surface area contributed by atoms with Crippen LogP contribution in [0.2, 0.25) is 0 Å². The fraction of sp³-hybridized carbons (Fsp3) is 0.333. The van der Waals surface area contributed by atoms with Crippen LogP contribution in [0.25, 0.3) is 11.1 Å². The molecule has 2 aromatic rings. The highest BCUT2D eigenvalue weighted by atomic mass is 15.1. The van der Waals surface area contributed by atoms with E-state index in [0.717, 1.165) is 6.42 Å². The maximum absolute atomic E-state index is 2.35. The first-order valence-electron chi connectivity index (χ1n) is 6.96. The minimum atomic E-state index is 0.490. The Labute approximate surface area is 116 Å². The fourth-order valence-corrected chi connectivity index (χ4v) is 2.67. The molecule has 0 aliphatic heterocycles. The fourth-order valence-electron chi connectivity index (χ4n) is 2.67. The van der Waals surface area contributed by atoms with Gasteiger partial charge in [-0.25, -0.2) is 0 Å². The second-order valence-electron chi connectivity index (χ2n) is 5.33. The van der Waals surface area contributed by atoms with Crippen molar-refractivity contribution in [2.24, 2.45) is 0 Å². The zero-order valence-electron chi connectivity index (χ0n) is 12.4. The SMILES string of the molecule is CCC(c1cc(-c2ccccc2)ccc1C)N(C)C. The number of benzene rings is 2. The van der Waals surface area contributed by atoms with Crippen molar-refractivity contribution in [2.45, 2.75) is 26.3 Å². The monoisotopic (exact) mass is 253 g/mol. The van der Waals surface area contributed by atoms with Crippen molar-refractivity contribution in [3.05, 3.63) is 59.7 Å². The molecule has 1 heteroatoms. The van der Waals surface area contributed by atoms with Crippen LogP contribution in [0.15, 0.2) is 48.5 Å². The average molecular weight is 253 g/mol. The van der Waals surface area contributed by atoms with Gasteiger partial charge in [-0.2, -0.15) is 0 Å². The molecule has 0 aromatic heterocycles. The maximum atomic E-state index is 2.35. The van der Waals surface area contributed by atoms with Crippen molar-refractivity contribution < 1.29 is 0 Å². The van der Waals surface area contributed by atoms with Gasteiger partial charge in [0.2, 0.25) is 0 Å². The van der Waals surface area contributed by atoms with Gasteiger partial charge in [0, 0.05) is 6.04 Å². The minimum Gasteiger partial charge on any atom is -0.302 e. The van der Waals surface area contributed by atoms with Gasteiger partial charge in [0.1, 0.15) is 0 Å². The summed E-state index contributed by atoms with van der Waals surface area (Å²) >= 11 is 0. The van der Waals surface area contributed by atoms with Gasteiger partial charge < -0.3 is 4.90 Å². The van der Waals surface area contributed by atoms with E-state index in [4.69, 9.17) is 0 Å². The van der Waals surface area contributed by atoms with E-state index in [1.54, 1.807) is 0 Å². The van der Waals surface area contributed by atoms with Gasteiger partial charge in [-0.15, -0.1) is 0 Å². The quantitative estimate of drug-likeness (QED) is 0.765. The molecule has 0 heterocycles. The standard InChI is InChI=1S/C18H23N/c1-5-18(19(3)4)17-13-16(12-11-14(17)2)15-9-7-6-8-10-15/h6-13,18H,5H2,1-4H3. The summed E-state index contributed by atoms with van der Waals surface area (Å²) in [5.74, 6) is 0. The van der Waals surface area contributed by atoms with Gasteiger partial charge in [0.15, 0.2) is 0 Å². The lowest BCUT2D eigenvalue weighted by atomic mass is 9.94. The molecule has 0 bridgehead atoms. The van der Waals surface area contributed by atoms with Crippen LogP contribution < -0.4 is 0 Å². The largest absolute Gasteiger partial charge is 0.302 e. The normalized spacial score (nSPS) is 12.7. The van der Waals surface area contributed by atoms with Crippen LogP contribution in [0.5, 0.6) is 0 Å². The average Bonchev–Trinajstić information content (AvgIpc) is 2.42. The van der Waals surface area contributed by atoms with Crippen LogP contribution in [0.4, 0.5) is 0 Å². The summed E-state index contributed by atoms with van der Waals surface area (Å²) in [7, 11) is 4.31. The van der Waals surface area contributed by atoms with Crippen molar-refractivity contribution in [2.75, 3.05) is 14.1 Å². The zero-order valence-corrected chi connectivity index (χ0v) is 12.4. The molecule has 0 aliphatic carbocycles. The summed E-state index contributed by atoms with van der Waals surface area (Å²) < 4.78 is 0. The summed E-state index contributed by atoms with van der Waals surface area (Å²) in [5.41, 5.74) is 5.41. The molecule has 0 amide bonds. The molecule has 1 unspecified atom stereocenters. The van der Waals surface area contributed by atoms with E-state index < -0.39 is 0 Å². The maximum Gasteiger partial charge on any atom is 0.0342 e. The molecular formula is C18H23N. The Balaban J connectivity index is 2.45. The van der Waals surface area contributed by atoms with Crippen molar-refractivity contribution >= 4 is 0 Å². The molecule has 19 heavy (non-hydrogen) atoms. The van der Waals surface area contributed by atoms with Crippen LogP contribution in [0, 0.1) is 6.92 Å². The smallest absolute Gasteiger partial charge is 0.0342 e. The molecule has 0 saturated carbocycles. The predicted molar refractivity (Wildman–Crippen MR) is 83.3 cm³/mol. The number of hydrogen-bond donors (Lipinski definition) is 0. The van der Waals surface area contributed by atoms with Crippen molar-refractivity contribution in [1.82, 2.24) is 4.90 Å². The summed E-state index contributed by atoms with van der Waals surface area (Å²) in [6, 6.07) is 17.9. The molecule has 0 saturated heterocycles. The molecule has 0 aliphatic rings. The Morgan fingerprint density at radius 1 is 0.947 bits per heavy atom. The number of aryl methyl sites for hydroxylation is 1. The van der Waals surface area contributed by atoms with Crippen LogP contribution >= 0.6 is 0 Å². The second kappa shape index (κ2) is 6.03. The molecule has 0 spiro atoms. The molecule has 0 fully saturated rings. The summed E-state index contributed by atoms with van der Waals surface area (Å²) in [4.78, 5) is 2.30. The van der Waals surface area contributed by atoms with Gasteiger partial charge in [-0.3, -0.25) is 0 Å². The number of rotatable bonds is 4. The lowest BCUT2D eigenvalue weighted by Gasteiger charge is -2.25. The Hall–Kier alpha value is -1.60. The summed E-state index contributed by atoms with van der Waals surface area (Å²) in [6.45, 7) is 4.45. The van der Waals surface area contributed by atoms with Crippen molar-refractivity contribution in [3.63, 3.8) is 0 Å². The van der Waals surface area contributed by atoms with Gasteiger partial charge in [-0.05, 0) is 55.8 Å². The van der Waals surface area contributed by atoms with E-state index in [0.29, 0.717) is 6.04 Å². The van der Waals surface area contributed by atoms with E-state index >= 15 is 0 Å². The van der Waals surface area contributed by atoms with E-state index in [1.165, 1.54) is 22.3 Å². The molecule has 0 radical (unpaired) electrons. The first-order valence-corrected chi connectivity index (χ1v) is 6.96. The van der Waals surface area contributed by atoms with Crippen LogP contribution in [0.1, 0.15) is 30.5 Å². The Kier molecular flexibility index (Phi) is 4.39. The molecular weight excluding hydrogens is 230 g/mol. The van der Waals surface area contributed by atoms with E-state index in [2.05, 4.69) is 81.4 Å². The van der Waals surface area contributed by atoms with Gasteiger partial charge in [-0.1, -0.05) is 49.4 Å². The number of nitrogens with zero attached hydrogens (tertiary/aromatic N) is 1. The molecule has 100 valence electrons. The molecule has 1 atom stereocenters. The third-order valence-corrected chi connectivity index (χ3v) is 3.76. The Bertz CT molecular complexity index is 529. The first-order chi connectivity index (χ1) is 9.13.